The molecule has 0 radical (unpaired) electrons. The van der Waals surface area contributed by atoms with Crippen molar-refractivity contribution >= 4 is 22.9 Å². The molecule has 2 fully saturated rings. The van der Waals surface area contributed by atoms with Gasteiger partial charge in [-0.2, -0.15) is 0 Å². The highest BCUT2D eigenvalue weighted by atomic mass is 35.5. The van der Waals surface area contributed by atoms with Gasteiger partial charge in [0.15, 0.2) is 0 Å². The van der Waals surface area contributed by atoms with Crippen LogP contribution in [0.25, 0.3) is 0 Å². The highest BCUT2D eigenvalue weighted by molar-refractivity contribution is 7.10. The van der Waals surface area contributed by atoms with Crippen molar-refractivity contribution in [2.75, 3.05) is 6.54 Å². The minimum Gasteiger partial charge on any atom is -0.306 e. The molecule has 16 heavy (non-hydrogen) atoms. The average molecular weight is 256 g/mol. The first-order valence-electron chi connectivity index (χ1n) is 6.31. The molecule has 0 bridgehead atoms. The molecule has 1 atom stereocenters. The molecule has 1 aliphatic carbocycles. The molecule has 88 valence electrons. The highest BCUT2D eigenvalue weighted by Crippen LogP contribution is 2.52. The quantitative estimate of drug-likeness (QED) is 0.836. The molecular formula is C13H18ClNS. The second-order valence-electron chi connectivity index (χ2n) is 5.08. The van der Waals surface area contributed by atoms with E-state index < -0.39 is 0 Å². The Bertz CT molecular complexity index is 362. The summed E-state index contributed by atoms with van der Waals surface area (Å²) in [6, 6.07) is 2.05. The van der Waals surface area contributed by atoms with Crippen LogP contribution < -0.4 is 5.32 Å². The highest BCUT2D eigenvalue weighted by Gasteiger charge is 2.47. The number of hydrogen-bond acceptors (Lipinski definition) is 2. The van der Waals surface area contributed by atoms with Crippen LogP contribution in [-0.2, 0) is 5.54 Å². The van der Waals surface area contributed by atoms with Crippen molar-refractivity contribution < 1.29 is 0 Å². The summed E-state index contributed by atoms with van der Waals surface area (Å²) >= 11 is 8.20. The Labute approximate surface area is 106 Å². The second kappa shape index (κ2) is 4.32. The normalized spacial score (nSPS) is 31.3. The summed E-state index contributed by atoms with van der Waals surface area (Å²) in [6.45, 7) is 1.16. The molecule has 3 heteroatoms. The predicted molar refractivity (Wildman–Crippen MR) is 70.2 cm³/mol. The first-order valence-corrected chi connectivity index (χ1v) is 7.57. The summed E-state index contributed by atoms with van der Waals surface area (Å²) in [4.78, 5) is 1.40. The standard InChI is InChI=1S/C13H18ClNS/c14-11-6-9-16-12(11)13(10-4-5-10)7-2-1-3-8-15-13/h6,9-10,15H,1-5,7-8H2. The number of hydrogen-bond donors (Lipinski definition) is 1. The SMILES string of the molecule is Clc1ccsc1C1(C2CC2)CCCCCN1. The van der Waals surface area contributed by atoms with Crippen molar-refractivity contribution in [3.8, 4) is 0 Å². The van der Waals surface area contributed by atoms with Crippen molar-refractivity contribution in [1.29, 1.82) is 0 Å². The fraction of sp³-hybridized carbons (Fsp3) is 0.692. The van der Waals surface area contributed by atoms with E-state index in [0.717, 1.165) is 17.5 Å². The molecule has 1 N–H and O–H groups in total. The monoisotopic (exact) mass is 255 g/mol. The van der Waals surface area contributed by atoms with E-state index in [0.29, 0.717) is 0 Å². The van der Waals surface area contributed by atoms with Gasteiger partial charge in [-0.25, -0.2) is 0 Å². The van der Waals surface area contributed by atoms with Crippen LogP contribution in [0.4, 0.5) is 0 Å². The molecule has 1 aromatic heterocycles. The van der Waals surface area contributed by atoms with E-state index in [1.54, 1.807) is 0 Å². The first kappa shape index (κ1) is 11.1. The molecule has 2 heterocycles. The topological polar surface area (TPSA) is 12.0 Å². The molecule has 1 aromatic rings. The number of thiophene rings is 1. The van der Waals surface area contributed by atoms with E-state index >= 15 is 0 Å². The summed E-state index contributed by atoms with van der Waals surface area (Å²) in [5.74, 6) is 0.835. The van der Waals surface area contributed by atoms with Gasteiger partial charge < -0.3 is 5.32 Å². The van der Waals surface area contributed by atoms with Crippen LogP contribution >= 0.6 is 22.9 Å². The minimum atomic E-state index is 0.224. The lowest BCUT2D eigenvalue weighted by Crippen LogP contribution is -2.43. The van der Waals surface area contributed by atoms with Gasteiger partial charge in [0.2, 0.25) is 0 Å². The zero-order valence-electron chi connectivity index (χ0n) is 9.47. The Kier molecular flexibility index (Phi) is 2.99. The lowest BCUT2D eigenvalue weighted by molar-refractivity contribution is 0.285. The van der Waals surface area contributed by atoms with Crippen LogP contribution in [-0.4, -0.2) is 6.54 Å². The van der Waals surface area contributed by atoms with Gasteiger partial charge >= 0.3 is 0 Å². The van der Waals surface area contributed by atoms with Gasteiger partial charge in [0.25, 0.3) is 0 Å². The summed E-state index contributed by atoms with van der Waals surface area (Å²) in [5.41, 5.74) is 0.224. The third-order valence-corrected chi connectivity index (χ3v) is 5.50. The molecule has 1 unspecified atom stereocenters. The van der Waals surface area contributed by atoms with E-state index in [1.165, 1.54) is 43.4 Å². The van der Waals surface area contributed by atoms with Crippen LogP contribution in [0.2, 0.25) is 5.02 Å². The number of halogens is 1. The molecule has 2 aliphatic rings. The number of nitrogens with one attached hydrogen (secondary N) is 1. The molecule has 1 saturated carbocycles. The van der Waals surface area contributed by atoms with Gasteiger partial charge in [0.05, 0.1) is 10.6 Å². The fourth-order valence-corrected chi connectivity index (χ4v) is 4.53. The van der Waals surface area contributed by atoms with Crippen LogP contribution in [0.1, 0.15) is 43.4 Å². The summed E-state index contributed by atoms with van der Waals surface area (Å²) in [7, 11) is 0. The first-order chi connectivity index (χ1) is 7.83. The molecule has 3 rings (SSSR count). The van der Waals surface area contributed by atoms with Crippen molar-refractivity contribution in [3.63, 3.8) is 0 Å². The Hall–Kier alpha value is -0.0500. The zero-order valence-corrected chi connectivity index (χ0v) is 11.0. The lowest BCUT2D eigenvalue weighted by Gasteiger charge is -2.34. The summed E-state index contributed by atoms with van der Waals surface area (Å²) < 4.78 is 0. The van der Waals surface area contributed by atoms with E-state index in [9.17, 15) is 0 Å². The Morgan fingerprint density at radius 2 is 2.19 bits per heavy atom. The van der Waals surface area contributed by atoms with Gasteiger partial charge in [-0.15, -0.1) is 11.3 Å². The van der Waals surface area contributed by atoms with Gasteiger partial charge in [-0.3, -0.25) is 0 Å². The fourth-order valence-electron chi connectivity index (χ4n) is 3.02. The third-order valence-electron chi connectivity index (χ3n) is 3.98. The van der Waals surface area contributed by atoms with Crippen LogP contribution in [0.3, 0.4) is 0 Å². The molecule has 1 saturated heterocycles. The van der Waals surface area contributed by atoms with Gasteiger partial charge in [-0.1, -0.05) is 24.4 Å². The van der Waals surface area contributed by atoms with Gasteiger partial charge in [0.1, 0.15) is 0 Å². The molecule has 0 spiro atoms. The Morgan fingerprint density at radius 1 is 1.31 bits per heavy atom. The van der Waals surface area contributed by atoms with Crippen molar-refractivity contribution in [1.82, 2.24) is 5.32 Å². The van der Waals surface area contributed by atoms with E-state index in [4.69, 9.17) is 11.6 Å². The zero-order chi connectivity index (χ0) is 11.0. The van der Waals surface area contributed by atoms with Crippen LogP contribution in [0, 0.1) is 5.92 Å². The van der Waals surface area contributed by atoms with Gasteiger partial charge in [0, 0.05) is 4.88 Å². The number of rotatable bonds is 2. The summed E-state index contributed by atoms with van der Waals surface area (Å²) in [5, 5.41) is 6.94. The Balaban J connectivity index is 1.98. The Morgan fingerprint density at radius 3 is 2.88 bits per heavy atom. The predicted octanol–water partition coefficient (Wildman–Crippen LogP) is 4.17. The van der Waals surface area contributed by atoms with Crippen LogP contribution in [0.5, 0.6) is 0 Å². The maximum Gasteiger partial charge on any atom is 0.0572 e. The summed E-state index contributed by atoms with van der Waals surface area (Å²) in [6.07, 6.45) is 8.06. The van der Waals surface area contributed by atoms with Crippen molar-refractivity contribution in [3.05, 3.63) is 21.3 Å². The molecule has 1 nitrogen and oxygen atoms in total. The smallest absolute Gasteiger partial charge is 0.0572 e. The van der Waals surface area contributed by atoms with Crippen molar-refractivity contribution in [2.45, 2.75) is 44.1 Å². The van der Waals surface area contributed by atoms with E-state index in [1.807, 2.05) is 11.3 Å². The minimum absolute atomic E-state index is 0.224. The van der Waals surface area contributed by atoms with Crippen molar-refractivity contribution in [2.24, 2.45) is 5.92 Å². The largest absolute Gasteiger partial charge is 0.306 e. The maximum absolute atomic E-state index is 6.36. The molecule has 0 amide bonds. The molecular weight excluding hydrogens is 238 g/mol. The average Bonchev–Trinajstić information content (AvgIpc) is 3.07. The van der Waals surface area contributed by atoms with Crippen LogP contribution in [0.15, 0.2) is 11.4 Å². The van der Waals surface area contributed by atoms with E-state index in [-0.39, 0.29) is 5.54 Å². The maximum atomic E-state index is 6.36. The lowest BCUT2D eigenvalue weighted by atomic mass is 9.86. The third kappa shape index (κ3) is 1.81. The van der Waals surface area contributed by atoms with E-state index in [2.05, 4.69) is 16.8 Å². The van der Waals surface area contributed by atoms with Gasteiger partial charge in [-0.05, 0) is 49.6 Å². The molecule has 1 aliphatic heterocycles. The molecule has 0 aromatic carbocycles. The second-order valence-corrected chi connectivity index (χ2v) is 6.40.